The van der Waals surface area contributed by atoms with E-state index in [9.17, 15) is 0 Å². The predicted molar refractivity (Wildman–Crippen MR) is 61.0 cm³/mol. The molecule has 1 aromatic rings. The van der Waals surface area contributed by atoms with E-state index in [1.165, 1.54) is 22.3 Å². The Morgan fingerprint density at radius 3 is 3.07 bits per heavy atom. The molecule has 1 aliphatic carbocycles. The van der Waals surface area contributed by atoms with Crippen molar-refractivity contribution in [1.82, 2.24) is 0 Å². The Morgan fingerprint density at radius 1 is 1.27 bits per heavy atom. The van der Waals surface area contributed by atoms with Gasteiger partial charge in [-0.25, -0.2) is 0 Å². The summed E-state index contributed by atoms with van der Waals surface area (Å²) < 4.78 is 5.59. The number of ether oxygens (including phenoxy) is 1. The molecule has 15 heavy (non-hydrogen) atoms. The van der Waals surface area contributed by atoms with Crippen molar-refractivity contribution in [1.29, 1.82) is 0 Å². The number of benzene rings is 1. The standard InChI is InChI=1S/C13H15NO/c14-7-5-10-2-1-9-3-4-12-11(13(9)10)6-8-15-12/h3-5H,1-2,6-8,14H2. The van der Waals surface area contributed by atoms with Gasteiger partial charge in [0.15, 0.2) is 0 Å². The molecule has 0 fully saturated rings. The largest absolute Gasteiger partial charge is 0.493 e. The minimum absolute atomic E-state index is 0.638. The highest BCUT2D eigenvalue weighted by Gasteiger charge is 2.24. The Morgan fingerprint density at radius 2 is 2.20 bits per heavy atom. The Labute approximate surface area is 89.7 Å². The molecule has 0 bridgehead atoms. The summed E-state index contributed by atoms with van der Waals surface area (Å²) in [7, 11) is 0. The van der Waals surface area contributed by atoms with Crippen molar-refractivity contribution >= 4 is 5.57 Å². The number of fused-ring (bicyclic) bond motifs is 3. The number of allylic oxidation sites excluding steroid dienone is 1. The number of aryl methyl sites for hydroxylation is 1. The summed E-state index contributed by atoms with van der Waals surface area (Å²) in [4.78, 5) is 0. The molecule has 78 valence electrons. The first-order valence-corrected chi connectivity index (χ1v) is 5.57. The van der Waals surface area contributed by atoms with Gasteiger partial charge in [0.2, 0.25) is 0 Å². The van der Waals surface area contributed by atoms with Gasteiger partial charge in [-0.05, 0) is 35.6 Å². The summed E-state index contributed by atoms with van der Waals surface area (Å²) in [5, 5.41) is 0. The molecule has 0 aromatic heterocycles. The van der Waals surface area contributed by atoms with E-state index in [1.54, 1.807) is 0 Å². The van der Waals surface area contributed by atoms with Gasteiger partial charge < -0.3 is 10.5 Å². The highest BCUT2D eigenvalue weighted by atomic mass is 16.5. The van der Waals surface area contributed by atoms with Crippen LogP contribution in [0, 0.1) is 0 Å². The van der Waals surface area contributed by atoms with Crippen LogP contribution in [-0.4, -0.2) is 13.2 Å². The second-order valence-electron chi connectivity index (χ2n) is 4.14. The van der Waals surface area contributed by atoms with Gasteiger partial charge in [-0.15, -0.1) is 0 Å². The summed E-state index contributed by atoms with van der Waals surface area (Å²) in [6.45, 7) is 1.47. The summed E-state index contributed by atoms with van der Waals surface area (Å²) >= 11 is 0. The smallest absolute Gasteiger partial charge is 0.123 e. The van der Waals surface area contributed by atoms with E-state index in [0.717, 1.165) is 31.6 Å². The zero-order valence-electron chi connectivity index (χ0n) is 8.75. The van der Waals surface area contributed by atoms with Crippen molar-refractivity contribution in [2.75, 3.05) is 13.2 Å². The van der Waals surface area contributed by atoms with Crippen molar-refractivity contribution in [3.63, 3.8) is 0 Å². The van der Waals surface area contributed by atoms with Crippen LogP contribution in [0.3, 0.4) is 0 Å². The molecule has 0 saturated heterocycles. The van der Waals surface area contributed by atoms with Crippen LogP contribution in [0.4, 0.5) is 0 Å². The van der Waals surface area contributed by atoms with Gasteiger partial charge in [-0.1, -0.05) is 12.1 Å². The van der Waals surface area contributed by atoms with Crippen molar-refractivity contribution < 1.29 is 4.74 Å². The summed E-state index contributed by atoms with van der Waals surface area (Å²) in [6, 6.07) is 4.32. The van der Waals surface area contributed by atoms with Crippen LogP contribution < -0.4 is 10.5 Å². The topological polar surface area (TPSA) is 35.2 Å². The fourth-order valence-electron chi connectivity index (χ4n) is 2.67. The molecular weight excluding hydrogens is 186 g/mol. The number of hydrogen-bond acceptors (Lipinski definition) is 2. The van der Waals surface area contributed by atoms with Crippen LogP contribution in [0.1, 0.15) is 23.1 Å². The Hall–Kier alpha value is -1.28. The average molecular weight is 201 g/mol. The van der Waals surface area contributed by atoms with E-state index in [-0.39, 0.29) is 0 Å². The Balaban J connectivity index is 2.18. The van der Waals surface area contributed by atoms with Gasteiger partial charge in [0.25, 0.3) is 0 Å². The van der Waals surface area contributed by atoms with Gasteiger partial charge in [0, 0.05) is 18.5 Å². The monoisotopic (exact) mass is 201 g/mol. The molecule has 1 aromatic carbocycles. The normalized spacial score (nSPS) is 20.2. The Bertz CT molecular complexity index is 434. The lowest BCUT2D eigenvalue weighted by molar-refractivity contribution is 0.357. The predicted octanol–water partition coefficient (Wildman–Crippen LogP) is 1.91. The molecule has 0 radical (unpaired) electrons. The molecule has 0 unspecified atom stereocenters. The first kappa shape index (κ1) is 8.98. The lowest BCUT2D eigenvalue weighted by atomic mass is 9.98. The van der Waals surface area contributed by atoms with Gasteiger partial charge in [0.05, 0.1) is 6.61 Å². The second-order valence-corrected chi connectivity index (χ2v) is 4.14. The molecule has 0 atom stereocenters. The minimum atomic E-state index is 0.638. The van der Waals surface area contributed by atoms with Crippen LogP contribution in [0.2, 0.25) is 0 Å². The average Bonchev–Trinajstić information content (AvgIpc) is 2.83. The van der Waals surface area contributed by atoms with Crippen LogP contribution >= 0.6 is 0 Å². The van der Waals surface area contributed by atoms with Gasteiger partial charge in [0.1, 0.15) is 5.75 Å². The van der Waals surface area contributed by atoms with Crippen LogP contribution in [0.15, 0.2) is 18.2 Å². The van der Waals surface area contributed by atoms with Crippen molar-refractivity contribution in [2.24, 2.45) is 5.73 Å². The maximum Gasteiger partial charge on any atom is 0.123 e. The van der Waals surface area contributed by atoms with E-state index in [1.807, 2.05) is 0 Å². The summed E-state index contributed by atoms with van der Waals surface area (Å²) in [5.74, 6) is 1.08. The van der Waals surface area contributed by atoms with E-state index in [2.05, 4.69) is 18.2 Å². The number of nitrogens with two attached hydrogens (primary N) is 1. The van der Waals surface area contributed by atoms with E-state index < -0.39 is 0 Å². The van der Waals surface area contributed by atoms with E-state index >= 15 is 0 Å². The van der Waals surface area contributed by atoms with Gasteiger partial charge in [-0.2, -0.15) is 0 Å². The molecule has 1 aliphatic heterocycles. The molecule has 1 heterocycles. The highest BCUT2D eigenvalue weighted by molar-refractivity contribution is 5.77. The zero-order valence-corrected chi connectivity index (χ0v) is 8.75. The molecule has 0 spiro atoms. The third-order valence-electron chi connectivity index (χ3n) is 3.31. The third-order valence-corrected chi connectivity index (χ3v) is 3.31. The molecular formula is C13H15NO. The van der Waals surface area contributed by atoms with Gasteiger partial charge >= 0.3 is 0 Å². The fourth-order valence-corrected chi connectivity index (χ4v) is 2.67. The molecule has 3 rings (SSSR count). The maximum atomic E-state index is 5.60. The van der Waals surface area contributed by atoms with Crippen molar-refractivity contribution in [3.8, 4) is 5.75 Å². The lowest BCUT2D eigenvalue weighted by Crippen LogP contribution is -1.96. The molecule has 0 saturated carbocycles. The molecule has 2 nitrogen and oxygen atoms in total. The maximum absolute atomic E-state index is 5.60. The SMILES string of the molecule is NCC=C1CCc2ccc3c(c21)CCO3. The first-order valence-electron chi connectivity index (χ1n) is 5.57. The van der Waals surface area contributed by atoms with E-state index in [0.29, 0.717) is 6.54 Å². The number of rotatable bonds is 1. The fraction of sp³-hybridized carbons (Fsp3) is 0.385. The van der Waals surface area contributed by atoms with Crippen molar-refractivity contribution in [3.05, 3.63) is 34.9 Å². The minimum Gasteiger partial charge on any atom is -0.493 e. The van der Waals surface area contributed by atoms with E-state index in [4.69, 9.17) is 10.5 Å². The van der Waals surface area contributed by atoms with Crippen LogP contribution in [-0.2, 0) is 12.8 Å². The molecule has 2 N–H and O–H groups in total. The second kappa shape index (κ2) is 3.38. The summed E-state index contributed by atoms with van der Waals surface area (Å²) in [5.41, 5.74) is 11.3. The number of hydrogen-bond donors (Lipinski definition) is 1. The summed E-state index contributed by atoms with van der Waals surface area (Å²) in [6.07, 6.45) is 5.52. The highest BCUT2D eigenvalue weighted by Crippen LogP contribution is 2.40. The molecule has 2 aliphatic rings. The lowest BCUT2D eigenvalue weighted by Gasteiger charge is -2.07. The Kier molecular flexibility index (Phi) is 2.03. The van der Waals surface area contributed by atoms with Crippen LogP contribution in [0.25, 0.3) is 5.57 Å². The third kappa shape index (κ3) is 1.29. The molecule has 2 heteroatoms. The quantitative estimate of drug-likeness (QED) is 0.753. The van der Waals surface area contributed by atoms with Crippen LogP contribution in [0.5, 0.6) is 5.75 Å². The molecule has 0 amide bonds. The van der Waals surface area contributed by atoms with Gasteiger partial charge in [-0.3, -0.25) is 0 Å². The first-order chi connectivity index (χ1) is 7.40. The van der Waals surface area contributed by atoms with Crippen molar-refractivity contribution in [2.45, 2.75) is 19.3 Å². The zero-order chi connectivity index (χ0) is 10.3.